The van der Waals surface area contributed by atoms with Gasteiger partial charge in [0.2, 0.25) is 5.95 Å². The molecule has 8 heteroatoms. The quantitative estimate of drug-likeness (QED) is 0.174. The van der Waals surface area contributed by atoms with E-state index in [9.17, 15) is 9.90 Å². The molecule has 0 bridgehead atoms. The summed E-state index contributed by atoms with van der Waals surface area (Å²) in [5, 5.41) is 16.8. The third kappa shape index (κ3) is 6.99. The van der Waals surface area contributed by atoms with Crippen LogP contribution in [0.2, 0.25) is 0 Å². The number of aliphatic hydroxyl groups is 1. The van der Waals surface area contributed by atoms with Crippen LogP contribution in [0.15, 0.2) is 73.2 Å². The molecular formula is C34H34N6O2. The minimum atomic E-state index is -0.221. The number of benzene rings is 1. The maximum Gasteiger partial charge on any atom is 0.229 e. The van der Waals surface area contributed by atoms with E-state index in [2.05, 4.69) is 37.4 Å². The summed E-state index contributed by atoms with van der Waals surface area (Å²) in [5.41, 5.74) is 4.57. The molecule has 0 atom stereocenters. The van der Waals surface area contributed by atoms with Gasteiger partial charge in [0.25, 0.3) is 0 Å². The van der Waals surface area contributed by atoms with E-state index in [0.717, 1.165) is 66.9 Å². The summed E-state index contributed by atoms with van der Waals surface area (Å²) < 4.78 is 0. The van der Waals surface area contributed by atoms with Crippen molar-refractivity contribution in [3.63, 3.8) is 0 Å². The molecule has 42 heavy (non-hydrogen) atoms. The summed E-state index contributed by atoms with van der Waals surface area (Å²) in [4.78, 5) is 30.8. The molecule has 1 aromatic carbocycles. The Morgan fingerprint density at radius 1 is 0.905 bits per heavy atom. The van der Waals surface area contributed by atoms with Gasteiger partial charge < -0.3 is 15.7 Å². The van der Waals surface area contributed by atoms with Gasteiger partial charge in [-0.05, 0) is 86.1 Å². The van der Waals surface area contributed by atoms with Crippen LogP contribution in [0.25, 0.3) is 11.3 Å². The average molecular weight is 559 g/mol. The van der Waals surface area contributed by atoms with E-state index < -0.39 is 0 Å². The molecule has 0 radical (unpaired) electrons. The Morgan fingerprint density at radius 2 is 1.74 bits per heavy atom. The van der Waals surface area contributed by atoms with Crippen molar-refractivity contribution in [2.45, 2.75) is 63.5 Å². The molecule has 2 aliphatic carbocycles. The summed E-state index contributed by atoms with van der Waals surface area (Å²) in [6.07, 6.45) is 12.5. The minimum absolute atomic E-state index is 0.173. The molecule has 3 aromatic heterocycles. The molecule has 2 saturated carbocycles. The number of hydrogen-bond acceptors (Lipinski definition) is 8. The lowest BCUT2D eigenvalue weighted by Gasteiger charge is -2.27. The number of ketones is 1. The second kappa shape index (κ2) is 12.9. The molecule has 0 unspecified atom stereocenters. The molecule has 0 saturated heterocycles. The minimum Gasteiger partial charge on any atom is -0.393 e. The fourth-order valence-electron chi connectivity index (χ4n) is 5.33. The fraction of sp³-hybridized carbons (Fsp3) is 0.324. The van der Waals surface area contributed by atoms with Crippen molar-refractivity contribution in [2.75, 3.05) is 10.6 Å². The molecule has 0 spiro atoms. The fourth-order valence-corrected chi connectivity index (χ4v) is 5.33. The third-order valence-corrected chi connectivity index (χ3v) is 8.02. The number of nitrogens with zero attached hydrogens (tertiary/aromatic N) is 4. The Balaban J connectivity index is 1.14. The van der Waals surface area contributed by atoms with Crippen LogP contribution in [0.3, 0.4) is 0 Å². The first-order valence-corrected chi connectivity index (χ1v) is 14.7. The van der Waals surface area contributed by atoms with Gasteiger partial charge in [0.1, 0.15) is 11.5 Å². The Bertz CT molecular complexity index is 1580. The number of nitrogens with one attached hydrogen (secondary N) is 2. The van der Waals surface area contributed by atoms with Crippen LogP contribution in [-0.2, 0) is 0 Å². The third-order valence-electron chi connectivity index (χ3n) is 8.02. The van der Waals surface area contributed by atoms with Gasteiger partial charge in [0, 0.05) is 47.9 Å². The number of rotatable bonds is 8. The van der Waals surface area contributed by atoms with Crippen LogP contribution in [0.1, 0.15) is 73.0 Å². The molecule has 212 valence electrons. The van der Waals surface area contributed by atoms with Crippen molar-refractivity contribution in [3.05, 3.63) is 90.0 Å². The van der Waals surface area contributed by atoms with Gasteiger partial charge in [0.05, 0.1) is 17.4 Å². The van der Waals surface area contributed by atoms with Crippen LogP contribution in [-0.4, -0.2) is 43.0 Å². The zero-order valence-electron chi connectivity index (χ0n) is 23.5. The molecule has 2 fully saturated rings. The van der Waals surface area contributed by atoms with E-state index in [1.165, 1.54) is 6.42 Å². The van der Waals surface area contributed by atoms with E-state index >= 15 is 0 Å². The first-order chi connectivity index (χ1) is 20.6. The SMILES string of the molecule is O=C(CC1CCC1)c1ccnc(C#Cc2ccc(Nc3ncc(-c4ccccn4)c(NC4CCC(O)CC4)n3)cc2)c1. The lowest BCUT2D eigenvalue weighted by molar-refractivity contribution is 0.0936. The van der Waals surface area contributed by atoms with Crippen molar-refractivity contribution < 1.29 is 9.90 Å². The van der Waals surface area contributed by atoms with Crippen LogP contribution in [0.5, 0.6) is 0 Å². The van der Waals surface area contributed by atoms with Gasteiger partial charge in [-0.15, -0.1) is 0 Å². The Kier molecular flexibility index (Phi) is 8.48. The monoisotopic (exact) mass is 558 g/mol. The average Bonchev–Trinajstić information content (AvgIpc) is 3.00. The number of carbonyl (C=O) groups excluding carboxylic acids is 1. The number of aromatic nitrogens is 4. The van der Waals surface area contributed by atoms with Gasteiger partial charge in [0.15, 0.2) is 5.78 Å². The van der Waals surface area contributed by atoms with Crippen molar-refractivity contribution in [3.8, 4) is 23.1 Å². The lowest BCUT2D eigenvalue weighted by atomic mass is 9.81. The topological polar surface area (TPSA) is 113 Å². The zero-order valence-corrected chi connectivity index (χ0v) is 23.5. The number of aliphatic hydroxyl groups excluding tert-OH is 1. The van der Waals surface area contributed by atoms with Gasteiger partial charge in [-0.3, -0.25) is 9.78 Å². The normalized spacial score (nSPS) is 18.3. The molecule has 8 nitrogen and oxygen atoms in total. The largest absolute Gasteiger partial charge is 0.393 e. The molecule has 0 aliphatic heterocycles. The summed E-state index contributed by atoms with van der Waals surface area (Å²) >= 11 is 0. The summed E-state index contributed by atoms with van der Waals surface area (Å²) in [6.45, 7) is 0. The van der Waals surface area contributed by atoms with Gasteiger partial charge in [-0.2, -0.15) is 4.98 Å². The molecule has 3 heterocycles. The number of pyridine rings is 2. The highest BCUT2D eigenvalue weighted by atomic mass is 16.3. The molecule has 0 amide bonds. The highest BCUT2D eigenvalue weighted by molar-refractivity contribution is 5.96. The predicted octanol–water partition coefficient (Wildman–Crippen LogP) is 6.17. The van der Waals surface area contributed by atoms with Crippen LogP contribution in [0, 0.1) is 17.8 Å². The molecule has 2 aliphatic rings. The summed E-state index contributed by atoms with van der Waals surface area (Å²) in [7, 11) is 0. The van der Waals surface area contributed by atoms with Crippen molar-refractivity contribution >= 4 is 23.2 Å². The second-order valence-electron chi connectivity index (χ2n) is 11.1. The van der Waals surface area contributed by atoms with Crippen LogP contribution < -0.4 is 10.6 Å². The predicted molar refractivity (Wildman–Crippen MR) is 163 cm³/mol. The van der Waals surface area contributed by atoms with Crippen LogP contribution >= 0.6 is 0 Å². The van der Waals surface area contributed by atoms with E-state index in [0.29, 0.717) is 29.5 Å². The Morgan fingerprint density at radius 3 is 2.48 bits per heavy atom. The molecule has 4 aromatic rings. The number of hydrogen-bond donors (Lipinski definition) is 3. The highest BCUT2D eigenvalue weighted by Gasteiger charge is 2.22. The molecule has 3 N–H and O–H groups in total. The second-order valence-corrected chi connectivity index (χ2v) is 11.1. The smallest absolute Gasteiger partial charge is 0.229 e. The van der Waals surface area contributed by atoms with E-state index in [1.807, 2.05) is 42.5 Å². The van der Waals surface area contributed by atoms with E-state index in [-0.39, 0.29) is 17.9 Å². The van der Waals surface area contributed by atoms with Gasteiger partial charge in [-0.1, -0.05) is 31.2 Å². The summed E-state index contributed by atoms with van der Waals surface area (Å²) in [6, 6.07) is 17.3. The van der Waals surface area contributed by atoms with E-state index in [1.54, 1.807) is 30.7 Å². The number of Topliss-reactive ketones (excluding diaryl/α,β-unsaturated/α-hetero) is 1. The standard InChI is InChI=1S/C34H34N6O2/c41-29-15-13-26(14-16-29)38-33-30(31-6-1-2-18-36-31)22-37-34(40-33)39-27-10-7-23(8-11-27)9-12-28-21-25(17-19-35-28)32(42)20-24-4-3-5-24/h1-2,6-8,10-11,17-19,21-22,24,26,29,41H,3-5,13-16,20H2,(H2,37,38,39,40). The maximum atomic E-state index is 12.6. The van der Waals surface area contributed by atoms with Crippen molar-refractivity contribution in [2.24, 2.45) is 5.92 Å². The maximum absolute atomic E-state index is 12.6. The highest BCUT2D eigenvalue weighted by Crippen LogP contribution is 2.31. The van der Waals surface area contributed by atoms with Gasteiger partial charge >= 0.3 is 0 Å². The molecular weight excluding hydrogens is 524 g/mol. The van der Waals surface area contributed by atoms with Crippen molar-refractivity contribution in [1.82, 2.24) is 19.9 Å². The van der Waals surface area contributed by atoms with Crippen molar-refractivity contribution in [1.29, 1.82) is 0 Å². The lowest BCUT2D eigenvalue weighted by Crippen LogP contribution is -2.29. The van der Waals surface area contributed by atoms with E-state index in [4.69, 9.17) is 4.98 Å². The Labute approximate surface area is 246 Å². The zero-order chi connectivity index (χ0) is 28.7. The molecule has 6 rings (SSSR count). The number of anilines is 3. The Hall–Kier alpha value is -4.61. The number of carbonyl (C=O) groups is 1. The first-order valence-electron chi connectivity index (χ1n) is 14.7. The summed E-state index contributed by atoms with van der Waals surface area (Å²) in [5.74, 6) is 8.13. The first kappa shape index (κ1) is 27.6. The van der Waals surface area contributed by atoms with Crippen LogP contribution in [0.4, 0.5) is 17.5 Å². The van der Waals surface area contributed by atoms with Gasteiger partial charge in [-0.25, -0.2) is 9.97 Å².